The van der Waals surface area contributed by atoms with E-state index in [1.165, 1.54) is 6.07 Å². The molecule has 7 nitrogen and oxygen atoms in total. The van der Waals surface area contributed by atoms with Crippen molar-refractivity contribution in [3.8, 4) is 11.6 Å². The van der Waals surface area contributed by atoms with Crippen LogP contribution in [0.3, 0.4) is 0 Å². The Hall–Kier alpha value is -2.77. The maximum absolute atomic E-state index is 13.1. The molecule has 0 fully saturated rings. The first-order valence-corrected chi connectivity index (χ1v) is 5.18. The fourth-order valence-corrected chi connectivity index (χ4v) is 1.45. The predicted octanol–water partition coefficient (Wildman–Crippen LogP) is 2.21. The second-order valence-corrected chi connectivity index (χ2v) is 3.68. The second kappa shape index (κ2) is 4.84. The summed E-state index contributed by atoms with van der Waals surface area (Å²) in [5.74, 6) is -0.922. The first-order chi connectivity index (χ1) is 8.95. The summed E-state index contributed by atoms with van der Waals surface area (Å²) in [5, 5.41) is 10.8. The molecule has 2 N–H and O–H groups in total. The van der Waals surface area contributed by atoms with Crippen LogP contribution < -0.4 is 10.5 Å². The number of nitrogens with zero attached hydrogens (tertiary/aromatic N) is 3. The third-order valence-electron chi connectivity index (χ3n) is 2.18. The summed E-state index contributed by atoms with van der Waals surface area (Å²) < 4.78 is 18.3. The van der Waals surface area contributed by atoms with Gasteiger partial charge in [-0.05, 0) is 13.0 Å². The highest BCUT2D eigenvalue weighted by atomic mass is 19.1. The Morgan fingerprint density at radius 1 is 1.37 bits per heavy atom. The average molecular weight is 264 g/mol. The smallest absolute Gasteiger partial charge is 0.311 e. The number of aromatic nitrogens is 2. The number of nitro groups is 1. The van der Waals surface area contributed by atoms with Crippen LogP contribution in [-0.2, 0) is 0 Å². The van der Waals surface area contributed by atoms with Crippen LogP contribution in [0.1, 0.15) is 5.69 Å². The Balaban J connectivity index is 2.42. The van der Waals surface area contributed by atoms with Gasteiger partial charge in [0.2, 0.25) is 17.6 Å². The molecule has 2 aromatic rings. The topological polar surface area (TPSA) is 104 Å². The molecule has 0 bridgehead atoms. The maximum Gasteiger partial charge on any atom is 0.311 e. The molecule has 0 aliphatic rings. The van der Waals surface area contributed by atoms with Crippen molar-refractivity contribution in [1.82, 2.24) is 9.97 Å². The highest BCUT2D eigenvalue weighted by Gasteiger charge is 2.17. The lowest BCUT2D eigenvalue weighted by Crippen LogP contribution is -2.00. The Morgan fingerprint density at radius 2 is 2.11 bits per heavy atom. The lowest BCUT2D eigenvalue weighted by Gasteiger charge is -2.06. The molecular weight excluding hydrogens is 255 g/mol. The molecule has 0 spiro atoms. The zero-order chi connectivity index (χ0) is 14.0. The van der Waals surface area contributed by atoms with Gasteiger partial charge in [0, 0.05) is 23.9 Å². The highest BCUT2D eigenvalue weighted by molar-refractivity contribution is 5.48. The van der Waals surface area contributed by atoms with Crippen LogP contribution in [0.2, 0.25) is 0 Å². The van der Waals surface area contributed by atoms with E-state index in [4.69, 9.17) is 10.5 Å². The number of nitrogens with two attached hydrogens (primary N) is 1. The summed E-state index contributed by atoms with van der Waals surface area (Å²) >= 11 is 0. The highest BCUT2D eigenvalue weighted by Crippen LogP contribution is 2.31. The third-order valence-corrected chi connectivity index (χ3v) is 2.18. The first-order valence-electron chi connectivity index (χ1n) is 5.18. The van der Waals surface area contributed by atoms with Crippen molar-refractivity contribution in [3.05, 3.63) is 45.9 Å². The Kier molecular flexibility index (Phi) is 3.23. The van der Waals surface area contributed by atoms with E-state index in [0.717, 1.165) is 18.2 Å². The summed E-state index contributed by atoms with van der Waals surface area (Å²) in [7, 11) is 0. The zero-order valence-electron chi connectivity index (χ0n) is 9.83. The van der Waals surface area contributed by atoms with E-state index in [1.807, 2.05) is 0 Å². The molecule has 1 heterocycles. The minimum atomic E-state index is -0.674. The molecule has 0 unspecified atom stereocenters. The van der Waals surface area contributed by atoms with Crippen LogP contribution >= 0.6 is 0 Å². The van der Waals surface area contributed by atoms with Crippen molar-refractivity contribution >= 4 is 11.6 Å². The van der Waals surface area contributed by atoms with Crippen molar-refractivity contribution in [2.45, 2.75) is 6.92 Å². The molecule has 1 aromatic carbocycles. The maximum atomic E-state index is 13.1. The molecule has 0 radical (unpaired) electrons. The number of nitro benzene ring substituents is 1. The minimum absolute atomic E-state index is 0.0127. The summed E-state index contributed by atoms with van der Waals surface area (Å²) in [6, 6.07) is 4.34. The molecule has 0 aliphatic carbocycles. The molecule has 19 heavy (non-hydrogen) atoms. The standard InChI is InChI=1S/C11H9FN4O3/c1-6-4-10(15-11(13)14-6)19-9-5-7(12)2-3-8(9)16(17)18/h2-5H,1H3,(H2,13,14,15). The minimum Gasteiger partial charge on any atom is -0.431 e. The zero-order valence-corrected chi connectivity index (χ0v) is 9.83. The average Bonchev–Trinajstić information content (AvgIpc) is 2.26. The molecule has 8 heteroatoms. The predicted molar refractivity (Wildman–Crippen MR) is 64.3 cm³/mol. The normalized spacial score (nSPS) is 10.2. The third kappa shape index (κ3) is 2.92. The van der Waals surface area contributed by atoms with Gasteiger partial charge < -0.3 is 10.5 Å². The van der Waals surface area contributed by atoms with Crippen molar-refractivity contribution in [1.29, 1.82) is 0 Å². The van der Waals surface area contributed by atoms with Crippen LogP contribution in [-0.4, -0.2) is 14.9 Å². The molecule has 0 saturated carbocycles. The number of benzene rings is 1. The number of aryl methyl sites for hydroxylation is 1. The van der Waals surface area contributed by atoms with Gasteiger partial charge in [-0.3, -0.25) is 10.1 Å². The van der Waals surface area contributed by atoms with Crippen LogP contribution in [0, 0.1) is 22.9 Å². The van der Waals surface area contributed by atoms with Gasteiger partial charge in [0.1, 0.15) is 5.82 Å². The van der Waals surface area contributed by atoms with E-state index in [2.05, 4.69) is 9.97 Å². The van der Waals surface area contributed by atoms with Gasteiger partial charge in [0.15, 0.2) is 0 Å². The van der Waals surface area contributed by atoms with Crippen LogP contribution in [0.25, 0.3) is 0 Å². The van der Waals surface area contributed by atoms with Gasteiger partial charge in [-0.15, -0.1) is 0 Å². The molecule has 98 valence electrons. The van der Waals surface area contributed by atoms with E-state index in [-0.39, 0.29) is 23.3 Å². The van der Waals surface area contributed by atoms with Gasteiger partial charge in [-0.2, -0.15) is 4.98 Å². The summed E-state index contributed by atoms with van der Waals surface area (Å²) in [5.41, 5.74) is 5.60. The fraction of sp³-hybridized carbons (Fsp3) is 0.0909. The Morgan fingerprint density at radius 3 is 2.74 bits per heavy atom. The molecule has 0 amide bonds. The molecule has 0 aliphatic heterocycles. The van der Waals surface area contributed by atoms with Crippen molar-refractivity contribution in [2.75, 3.05) is 5.73 Å². The number of hydrogen-bond acceptors (Lipinski definition) is 6. The largest absolute Gasteiger partial charge is 0.431 e. The van der Waals surface area contributed by atoms with Gasteiger partial charge in [0.25, 0.3) is 0 Å². The SMILES string of the molecule is Cc1cc(Oc2cc(F)ccc2[N+](=O)[O-])nc(N)n1. The lowest BCUT2D eigenvalue weighted by molar-refractivity contribution is -0.385. The Bertz CT molecular complexity index is 628. The lowest BCUT2D eigenvalue weighted by atomic mass is 10.3. The molecule has 1 aromatic heterocycles. The van der Waals surface area contributed by atoms with E-state index >= 15 is 0 Å². The van der Waals surface area contributed by atoms with E-state index in [9.17, 15) is 14.5 Å². The molecular formula is C11H9FN4O3. The van der Waals surface area contributed by atoms with Crippen molar-refractivity contribution in [2.24, 2.45) is 0 Å². The van der Waals surface area contributed by atoms with E-state index in [1.54, 1.807) is 6.92 Å². The number of halogens is 1. The fourth-order valence-electron chi connectivity index (χ4n) is 1.45. The van der Waals surface area contributed by atoms with Crippen LogP contribution in [0.5, 0.6) is 11.6 Å². The summed E-state index contributed by atoms with van der Waals surface area (Å²) in [6.07, 6.45) is 0. The number of anilines is 1. The number of hydrogen-bond donors (Lipinski definition) is 1. The van der Waals surface area contributed by atoms with Crippen molar-refractivity contribution < 1.29 is 14.1 Å². The molecule has 0 saturated heterocycles. The van der Waals surface area contributed by atoms with E-state index < -0.39 is 10.7 Å². The van der Waals surface area contributed by atoms with Gasteiger partial charge >= 0.3 is 5.69 Å². The number of nitrogen functional groups attached to an aromatic ring is 1. The summed E-state index contributed by atoms with van der Waals surface area (Å²) in [4.78, 5) is 17.7. The van der Waals surface area contributed by atoms with E-state index in [0.29, 0.717) is 5.69 Å². The number of ether oxygens (including phenoxy) is 1. The van der Waals surface area contributed by atoms with Crippen LogP contribution in [0.4, 0.5) is 16.0 Å². The Labute approximate surface area is 107 Å². The van der Waals surface area contributed by atoms with Crippen molar-refractivity contribution in [3.63, 3.8) is 0 Å². The van der Waals surface area contributed by atoms with Gasteiger partial charge in [-0.25, -0.2) is 9.37 Å². The van der Waals surface area contributed by atoms with Crippen LogP contribution in [0.15, 0.2) is 24.3 Å². The van der Waals surface area contributed by atoms with Gasteiger partial charge in [-0.1, -0.05) is 0 Å². The molecule has 2 rings (SSSR count). The first kappa shape index (κ1) is 12.7. The quantitative estimate of drug-likeness (QED) is 0.673. The summed E-state index contributed by atoms with van der Waals surface area (Å²) in [6.45, 7) is 1.66. The number of rotatable bonds is 3. The van der Waals surface area contributed by atoms with Gasteiger partial charge in [0.05, 0.1) is 4.92 Å². The molecule has 0 atom stereocenters. The second-order valence-electron chi connectivity index (χ2n) is 3.68. The monoisotopic (exact) mass is 264 g/mol.